The Kier molecular flexibility index (Phi) is 4.62. The highest BCUT2D eigenvalue weighted by atomic mass is 16.4. The van der Waals surface area contributed by atoms with Crippen LogP contribution in [0.4, 0.5) is 0 Å². The van der Waals surface area contributed by atoms with Gasteiger partial charge in [0, 0.05) is 17.6 Å². The van der Waals surface area contributed by atoms with E-state index in [1.807, 2.05) is 26.0 Å². The molecule has 0 aliphatic carbocycles. The Bertz CT molecular complexity index is 657. The molecule has 0 unspecified atom stereocenters. The molecule has 0 bridgehead atoms. The Morgan fingerprint density at radius 1 is 1.24 bits per heavy atom. The number of carbonyl (C=O) groups excluding carboxylic acids is 1. The summed E-state index contributed by atoms with van der Waals surface area (Å²) < 4.78 is 1.69. The van der Waals surface area contributed by atoms with E-state index >= 15 is 0 Å². The second-order valence-corrected chi connectivity index (χ2v) is 5.07. The van der Waals surface area contributed by atoms with Crippen LogP contribution in [-0.2, 0) is 11.3 Å². The number of hydrogen-bond acceptors (Lipinski definition) is 2. The van der Waals surface area contributed by atoms with Crippen LogP contribution in [0.1, 0.15) is 37.0 Å². The molecule has 5 nitrogen and oxygen atoms in total. The summed E-state index contributed by atoms with van der Waals surface area (Å²) in [4.78, 5) is 23.4. The highest BCUT2D eigenvalue weighted by Gasteiger charge is 2.15. The van der Waals surface area contributed by atoms with Crippen molar-refractivity contribution in [3.05, 3.63) is 36.0 Å². The third-order valence-electron chi connectivity index (χ3n) is 3.68. The van der Waals surface area contributed by atoms with Crippen LogP contribution in [0, 0.1) is 0 Å². The van der Waals surface area contributed by atoms with E-state index in [-0.39, 0.29) is 24.1 Å². The maximum Gasteiger partial charge on any atom is 0.337 e. The van der Waals surface area contributed by atoms with Crippen LogP contribution in [0.2, 0.25) is 0 Å². The lowest BCUT2D eigenvalue weighted by atomic mass is 10.1. The standard InChI is InChI=1S/C16H20N2O3/c1-3-12(4-2)17-14(19)10-18-9-8-11-6-5-7-13(15(11)18)16(20)21/h5-9,12H,3-4,10H2,1-2H3,(H,17,19)(H,20,21). The van der Waals surface area contributed by atoms with Crippen LogP contribution in [0.15, 0.2) is 30.5 Å². The molecule has 0 atom stereocenters. The second-order valence-electron chi connectivity index (χ2n) is 5.07. The first-order chi connectivity index (χ1) is 10.1. The van der Waals surface area contributed by atoms with Crippen molar-refractivity contribution in [3.8, 4) is 0 Å². The van der Waals surface area contributed by atoms with Crippen molar-refractivity contribution in [2.75, 3.05) is 0 Å². The molecule has 2 N–H and O–H groups in total. The van der Waals surface area contributed by atoms with Gasteiger partial charge in [-0.3, -0.25) is 4.79 Å². The number of rotatable bonds is 6. The van der Waals surface area contributed by atoms with E-state index in [2.05, 4.69) is 5.32 Å². The fourth-order valence-corrected chi connectivity index (χ4v) is 2.49. The number of aromatic carboxylic acids is 1. The Balaban J connectivity index is 2.27. The Hall–Kier alpha value is -2.30. The summed E-state index contributed by atoms with van der Waals surface area (Å²) in [7, 11) is 0. The molecular weight excluding hydrogens is 268 g/mol. The molecule has 0 fully saturated rings. The molecular formula is C16H20N2O3. The van der Waals surface area contributed by atoms with Gasteiger partial charge in [-0.05, 0) is 25.0 Å². The second kappa shape index (κ2) is 6.43. The van der Waals surface area contributed by atoms with E-state index in [4.69, 9.17) is 0 Å². The van der Waals surface area contributed by atoms with Gasteiger partial charge in [0.15, 0.2) is 0 Å². The molecule has 2 rings (SSSR count). The number of fused-ring (bicyclic) bond motifs is 1. The van der Waals surface area contributed by atoms with Crippen LogP contribution >= 0.6 is 0 Å². The SMILES string of the molecule is CCC(CC)NC(=O)Cn1ccc2cccc(C(=O)O)c21. The van der Waals surface area contributed by atoms with Crippen molar-refractivity contribution in [2.24, 2.45) is 0 Å². The molecule has 21 heavy (non-hydrogen) atoms. The van der Waals surface area contributed by atoms with E-state index < -0.39 is 5.97 Å². The predicted octanol–water partition coefficient (Wildman–Crippen LogP) is 2.64. The Labute approximate surface area is 123 Å². The van der Waals surface area contributed by atoms with E-state index in [1.54, 1.807) is 22.9 Å². The lowest BCUT2D eigenvalue weighted by Gasteiger charge is -2.15. The maximum absolute atomic E-state index is 12.1. The summed E-state index contributed by atoms with van der Waals surface area (Å²) in [6, 6.07) is 7.10. The molecule has 112 valence electrons. The van der Waals surface area contributed by atoms with E-state index in [9.17, 15) is 14.7 Å². The van der Waals surface area contributed by atoms with Crippen molar-refractivity contribution in [1.29, 1.82) is 0 Å². The van der Waals surface area contributed by atoms with Crippen molar-refractivity contribution in [3.63, 3.8) is 0 Å². The first-order valence-corrected chi connectivity index (χ1v) is 7.17. The quantitative estimate of drug-likeness (QED) is 0.858. The van der Waals surface area contributed by atoms with E-state index in [0.29, 0.717) is 5.52 Å². The summed E-state index contributed by atoms with van der Waals surface area (Å²) in [5.41, 5.74) is 0.803. The monoisotopic (exact) mass is 288 g/mol. The first-order valence-electron chi connectivity index (χ1n) is 7.17. The van der Waals surface area contributed by atoms with Crippen LogP contribution < -0.4 is 5.32 Å². The number of para-hydroxylation sites is 1. The molecule has 0 spiro atoms. The number of aromatic nitrogens is 1. The number of amides is 1. The minimum absolute atomic E-state index is 0.0959. The van der Waals surface area contributed by atoms with Crippen LogP contribution in [-0.4, -0.2) is 27.6 Å². The number of nitrogens with one attached hydrogen (secondary N) is 1. The van der Waals surface area contributed by atoms with Gasteiger partial charge in [-0.15, -0.1) is 0 Å². The van der Waals surface area contributed by atoms with Crippen molar-refractivity contribution < 1.29 is 14.7 Å². The van der Waals surface area contributed by atoms with Crippen molar-refractivity contribution >= 4 is 22.8 Å². The lowest BCUT2D eigenvalue weighted by molar-refractivity contribution is -0.122. The highest BCUT2D eigenvalue weighted by Crippen LogP contribution is 2.20. The van der Waals surface area contributed by atoms with Gasteiger partial charge >= 0.3 is 5.97 Å². The third-order valence-corrected chi connectivity index (χ3v) is 3.68. The normalized spacial score (nSPS) is 11.0. The van der Waals surface area contributed by atoms with Crippen molar-refractivity contribution in [1.82, 2.24) is 9.88 Å². The zero-order chi connectivity index (χ0) is 15.4. The number of carboxylic acids is 1. The highest BCUT2D eigenvalue weighted by molar-refractivity contribution is 6.02. The van der Waals surface area contributed by atoms with Crippen LogP contribution in [0.5, 0.6) is 0 Å². The third kappa shape index (κ3) is 3.24. The molecule has 0 saturated carbocycles. The minimum Gasteiger partial charge on any atom is -0.478 e. The zero-order valence-electron chi connectivity index (χ0n) is 12.3. The molecule has 5 heteroatoms. The summed E-state index contributed by atoms with van der Waals surface area (Å²) >= 11 is 0. The molecule has 0 saturated heterocycles. The number of benzene rings is 1. The average Bonchev–Trinajstić information content (AvgIpc) is 2.87. The molecule has 1 aromatic carbocycles. The zero-order valence-corrected chi connectivity index (χ0v) is 12.3. The van der Waals surface area contributed by atoms with Gasteiger partial charge in [0.1, 0.15) is 6.54 Å². The van der Waals surface area contributed by atoms with Gasteiger partial charge in [0.05, 0.1) is 11.1 Å². The van der Waals surface area contributed by atoms with Gasteiger partial charge in [0.25, 0.3) is 0 Å². The predicted molar refractivity (Wildman–Crippen MR) is 81.4 cm³/mol. The molecule has 0 aliphatic rings. The van der Waals surface area contributed by atoms with Gasteiger partial charge in [-0.25, -0.2) is 4.79 Å². The van der Waals surface area contributed by atoms with Gasteiger partial charge in [-0.2, -0.15) is 0 Å². The first kappa shape index (κ1) is 15.1. The summed E-state index contributed by atoms with van der Waals surface area (Å²) in [5.74, 6) is -1.08. The van der Waals surface area contributed by atoms with Crippen LogP contribution in [0.3, 0.4) is 0 Å². The summed E-state index contributed by atoms with van der Waals surface area (Å²) in [6.07, 6.45) is 3.52. The Morgan fingerprint density at radius 3 is 2.57 bits per heavy atom. The van der Waals surface area contributed by atoms with Gasteiger partial charge < -0.3 is 15.0 Å². The fourth-order valence-electron chi connectivity index (χ4n) is 2.49. The number of carbonyl (C=O) groups is 2. The molecule has 1 aromatic heterocycles. The largest absolute Gasteiger partial charge is 0.478 e. The number of carboxylic acid groups (broad SMARTS) is 1. The van der Waals surface area contributed by atoms with Crippen molar-refractivity contribution in [2.45, 2.75) is 39.3 Å². The summed E-state index contributed by atoms with van der Waals surface area (Å²) in [6.45, 7) is 4.19. The molecule has 1 amide bonds. The van der Waals surface area contributed by atoms with Gasteiger partial charge in [0.2, 0.25) is 5.91 Å². The molecule has 1 heterocycles. The maximum atomic E-state index is 12.1. The van der Waals surface area contributed by atoms with Gasteiger partial charge in [-0.1, -0.05) is 26.0 Å². The molecule has 2 aromatic rings. The average molecular weight is 288 g/mol. The van der Waals surface area contributed by atoms with E-state index in [1.165, 1.54) is 0 Å². The summed E-state index contributed by atoms with van der Waals surface area (Å²) in [5, 5.41) is 13.1. The molecule has 0 radical (unpaired) electrons. The fraction of sp³-hybridized carbons (Fsp3) is 0.375. The minimum atomic E-state index is -0.985. The topological polar surface area (TPSA) is 71.3 Å². The van der Waals surface area contributed by atoms with E-state index in [0.717, 1.165) is 18.2 Å². The molecule has 0 aliphatic heterocycles. The lowest BCUT2D eigenvalue weighted by Crippen LogP contribution is -2.36. The van der Waals surface area contributed by atoms with Crippen LogP contribution in [0.25, 0.3) is 10.9 Å². The number of hydrogen-bond donors (Lipinski definition) is 2. The Morgan fingerprint density at radius 2 is 1.95 bits per heavy atom. The number of nitrogens with zero attached hydrogens (tertiary/aromatic N) is 1. The smallest absolute Gasteiger partial charge is 0.337 e.